The van der Waals surface area contributed by atoms with Crippen molar-refractivity contribution in [1.29, 1.82) is 0 Å². The van der Waals surface area contributed by atoms with E-state index in [1.807, 2.05) is 14.1 Å². The lowest BCUT2D eigenvalue weighted by atomic mass is 10.4. The second-order valence-electron chi connectivity index (χ2n) is 3.57. The molecule has 0 aliphatic rings. The van der Waals surface area contributed by atoms with Crippen LogP contribution >= 0.6 is 0 Å². The first-order chi connectivity index (χ1) is 6.42. The van der Waals surface area contributed by atoms with Crippen molar-refractivity contribution >= 4 is 10.0 Å². The first-order valence-corrected chi connectivity index (χ1v) is 6.61. The molecule has 14 heavy (non-hydrogen) atoms. The van der Waals surface area contributed by atoms with E-state index in [1.54, 1.807) is 0 Å². The molecule has 0 atom stereocenters. The molecular formula is C8H21N3O2S. The molecular weight excluding hydrogens is 202 g/mol. The Hall–Kier alpha value is -0.170. The smallest absolute Gasteiger partial charge is 0.208 e. The van der Waals surface area contributed by atoms with Gasteiger partial charge in [0.25, 0.3) is 0 Å². The van der Waals surface area contributed by atoms with Gasteiger partial charge < -0.3 is 10.2 Å². The monoisotopic (exact) mass is 223 g/mol. The highest BCUT2D eigenvalue weighted by atomic mass is 32.2. The fourth-order valence-electron chi connectivity index (χ4n) is 0.970. The predicted molar refractivity (Wildman–Crippen MR) is 58.9 cm³/mol. The minimum absolute atomic E-state index is 0.459. The van der Waals surface area contributed by atoms with Crippen LogP contribution in [-0.4, -0.2) is 59.8 Å². The Balaban J connectivity index is 3.15. The summed E-state index contributed by atoms with van der Waals surface area (Å²) in [6, 6.07) is 0. The van der Waals surface area contributed by atoms with E-state index in [-0.39, 0.29) is 0 Å². The van der Waals surface area contributed by atoms with Crippen LogP contribution in [0.25, 0.3) is 0 Å². The topological polar surface area (TPSA) is 61.4 Å². The van der Waals surface area contributed by atoms with Crippen molar-refractivity contribution in [3.05, 3.63) is 0 Å². The molecule has 0 saturated carbocycles. The number of rotatable bonds is 8. The summed E-state index contributed by atoms with van der Waals surface area (Å²) in [5, 5.41) is 3.16. The van der Waals surface area contributed by atoms with Gasteiger partial charge in [-0.15, -0.1) is 0 Å². The zero-order valence-electron chi connectivity index (χ0n) is 9.21. The number of nitrogens with zero attached hydrogens (tertiary/aromatic N) is 1. The van der Waals surface area contributed by atoms with Gasteiger partial charge in [0.1, 0.15) is 0 Å². The Morgan fingerprint density at radius 1 is 1.14 bits per heavy atom. The maximum Gasteiger partial charge on any atom is 0.208 e. The molecule has 2 N–H and O–H groups in total. The summed E-state index contributed by atoms with van der Waals surface area (Å²) in [5.74, 6) is 0. The van der Waals surface area contributed by atoms with Gasteiger partial charge in [-0.2, -0.15) is 0 Å². The number of hydrogen-bond donors (Lipinski definition) is 2. The average molecular weight is 223 g/mol. The van der Waals surface area contributed by atoms with Gasteiger partial charge in [-0.3, -0.25) is 0 Å². The Kier molecular flexibility index (Phi) is 7.08. The minimum atomic E-state index is -3.03. The summed E-state index contributed by atoms with van der Waals surface area (Å²) in [6.45, 7) is 3.11. The Bertz CT molecular complexity index is 227. The second kappa shape index (κ2) is 7.17. The molecule has 0 aliphatic heterocycles. The van der Waals surface area contributed by atoms with Crippen LogP contribution in [0.4, 0.5) is 0 Å². The van der Waals surface area contributed by atoms with Crippen molar-refractivity contribution in [2.75, 3.05) is 46.5 Å². The van der Waals surface area contributed by atoms with Crippen LogP contribution in [0.3, 0.4) is 0 Å². The molecule has 0 fully saturated rings. The van der Waals surface area contributed by atoms with E-state index in [4.69, 9.17) is 0 Å². The Morgan fingerprint density at radius 3 is 2.29 bits per heavy atom. The normalized spacial score (nSPS) is 12.3. The van der Waals surface area contributed by atoms with Gasteiger partial charge in [-0.05, 0) is 33.6 Å². The summed E-state index contributed by atoms with van der Waals surface area (Å²) in [7, 11) is 1.04. The van der Waals surface area contributed by atoms with E-state index in [9.17, 15) is 8.42 Å². The van der Waals surface area contributed by atoms with E-state index in [0.29, 0.717) is 13.1 Å². The summed E-state index contributed by atoms with van der Waals surface area (Å²) in [4.78, 5) is 2.12. The SMILES string of the molecule is CN(C)CCCNCCNS(C)(=O)=O. The highest BCUT2D eigenvalue weighted by Crippen LogP contribution is 1.80. The lowest BCUT2D eigenvalue weighted by Crippen LogP contribution is -2.32. The summed E-state index contributed by atoms with van der Waals surface area (Å²) < 4.78 is 23.7. The molecule has 0 aromatic rings. The van der Waals surface area contributed by atoms with Gasteiger partial charge in [-0.1, -0.05) is 0 Å². The first kappa shape index (κ1) is 13.8. The molecule has 6 heteroatoms. The third kappa shape index (κ3) is 11.8. The van der Waals surface area contributed by atoms with Crippen LogP contribution in [0.15, 0.2) is 0 Å². The summed E-state index contributed by atoms with van der Waals surface area (Å²) in [5.41, 5.74) is 0. The first-order valence-electron chi connectivity index (χ1n) is 4.72. The van der Waals surface area contributed by atoms with Crippen molar-refractivity contribution in [2.45, 2.75) is 6.42 Å². The van der Waals surface area contributed by atoms with Crippen LogP contribution in [0.2, 0.25) is 0 Å². The molecule has 0 bridgehead atoms. The van der Waals surface area contributed by atoms with Gasteiger partial charge in [0.2, 0.25) is 10.0 Å². The van der Waals surface area contributed by atoms with Crippen molar-refractivity contribution in [3.8, 4) is 0 Å². The van der Waals surface area contributed by atoms with Crippen molar-refractivity contribution in [1.82, 2.24) is 14.9 Å². The quantitative estimate of drug-likeness (QED) is 0.522. The fraction of sp³-hybridized carbons (Fsp3) is 1.00. The largest absolute Gasteiger partial charge is 0.315 e. The molecule has 0 rings (SSSR count). The van der Waals surface area contributed by atoms with Crippen LogP contribution < -0.4 is 10.0 Å². The Morgan fingerprint density at radius 2 is 1.79 bits per heavy atom. The van der Waals surface area contributed by atoms with E-state index in [1.165, 1.54) is 6.26 Å². The zero-order chi connectivity index (χ0) is 11.0. The fourth-order valence-corrected chi connectivity index (χ4v) is 1.44. The molecule has 0 aromatic heterocycles. The highest BCUT2D eigenvalue weighted by Gasteiger charge is 1.97. The molecule has 0 heterocycles. The molecule has 5 nitrogen and oxygen atoms in total. The van der Waals surface area contributed by atoms with Crippen molar-refractivity contribution in [3.63, 3.8) is 0 Å². The molecule has 0 aliphatic carbocycles. The molecule has 0 saturated heterocycles. The lowest BCUT2D eigenvalue weighted by molar-refractivity contribution is 0.395. The van der Waals surface area contributed by atoms with E-state index >= 15 is 0 Å². The molecule has 0 radical (unpaired) electrons. The maximum atomic E-state index is 10.7. The molecule has 0 unspecified atom stereocenters. The zero-order valence-corrected chi connectivity index (χ0v) is 10.0. The van der Waals surface area contributed by atoms with Crippen molar-refractivity contribution in [2.24, 2.45) is 0 Å². The molecule has 0 spiro atoms. The van der Waals surface area contributed by atoms with Crippen LogP contribution in [0.5, 0.6) is 0 Å². The highest BCUT2D eigenvalue weighted by molar-refractivity contribution is 7.88. The standard InChI is InChI=1S/C8H21N3O2S/c1-11(2)8-4-5-9-6-7-10-14(3,12)13/h9-10H,4-8H2,1-3H3. The third-order valence-electron chi connectivity index (χ3n) is 1.62. The summed E-state index contributed by atoms with van der Waals surface area (Å²) >= 11 is 0. The van der Waals surface area contributed by atoms with Crippen LogP contribution in [-0.2, 0) is 10.0 Å². The van der Waals surface area contributed by atoms with Gasteiger partial charge in [0.15, 0.2) is 0 Å². The molecule has 0 amide bonds. The van der Waals surface area contributed by atoms with E-state index < -0.39 is 10.0 Å². The number of hydrogen-bond acceptors (Lipinski definition) is 4. The van der Waals surface area contributed by atoms with Crippen molar-refractivity contribution < 1.29 is 8.42 Å². The maximum absolute atomic E-state index is 10.7. The van der Waals surface area contributed by atoms with Crippen LogP contribution in [0, 0.1) is 0 Å². The predicted octanol–water partition coefficient (Wildman–Crippen LogP) is -0.923. The van der Waals surface area contributed by atoms with Gasteiger partial charge >= 0.3 is 0 Å². The average Bonchev–Trinajstić information content (AvgIpc) is 2.00. The van der Waals surface area contributed by atoms with E-state index in [2.05, 4.69) is 14.9 Å². The third-order valence-corrected chi connectivity index (χ3v) is 2.35. The van der Waals surface area contributed by atoms with Gasteiger partial charge in [0.05, 0.1) is 6.26 Å². The number of nitrogens with one attached hydrogen (secondary N) is 2. The Labute approximate surface area is 86.9 Å². The second-order valence-corrected chi connectivity index (χ2v) is 5.41. The lowest BCUT2D eigenvalue weighted by Gasteiger charge is -2.09. The van der Waals surface area contributed by atoms with E-state index in [0.717, 1.165) is 19.5 Å². The van der Waals surface area contributed by atoms with Gasteiger partial charge in [-0.25, -0.2) is 13.1 Å². The van der Waals surface area contributed by atoms with Gasteiger partial charge in [0, 0.05) is 13.1 Å². The minimum Gasteiger partial charge on any atom is -0.315 e. The molecule has 86 valence electrons. The van der Waals surface area contributed by atoms with Crippen LogP contribution in [0.1, 0.15) is 6.42 Å². The number of sulfonamides is 1. The summed E-state index contributed by atoms with van der Waals surface area (Å²) in [6.07, 6.45) is 2.24. The molecule has 0 aromatic carbocycles.